The molecule has 2 heterocycles. The Bertz CT molecular complexity index is 743. The first-order chi connectivity index (χ1) is 10.0. The van der Waals surface area contributed by atoms with E-state index in [1.807, 2.05) is 18.4 Å². The number of aromatic amines is 1. The summed E-state index contributed by atoms with van der Waals surface area (Å²) in [4.78, 5) is 30.5. The van der Waals surface area contributed by atoms with Crippen LogP contribution in [-0.2, 0) is 7.05 Å². The van der Waals surface area contributed by atoms with Crippen LogP contribution in [0.4, 0.5) is 5.95 Å². The summed E-state index contributed by atoms with van der Waals surface area (Å²) < 4.78 is 3.14. The van der Waals surface area contributed by atoms with E-state index in [9.17, 15) is 9.59 Å². The van der Waals surface area contributed by atoms with Gasteiger partial charge in [-0.15, -0.1) is 0 Å². The zero-order valence-corrected chi connectivity index (χ0v) is 12.5. The van der Waals surface area contributed by atoms with Crippen LogP contribution in [0.2, 0.25) is 0 Å². The molecule has 0 bridgehead atoms. The molecule has 21 heavy (non-hydrogen) atoms. The van der Waals surface area contributed by atoms with E-state index in [-0.39, 0.29) is 12.6 Å². The number of nitrogens with zero attached hydrogens (tertiary/aromatic N) is 3. The van der Waals surface area contributed by atoms with Crippen LogP contribution in [-0.4, -0.2) is 37.4 Å². The fraction of sp³-hybridized carbons (Fsp3) is 0.615. The molecule has 3 N–H and O–H groups in total. The lowest BCUT2D eigenvalue weighted by molar-refractivity contribution is 0.292. The first kappa shape index (κ1) is 15.3. The van der Waals surface area contributed by atoms with Gasteiger partial charge >= 0.3 is 5.69 Å². The Balaban J connectivity index is 2.67. The summed E-state index contributed by atoms with van der Waals surface area (Å²) >= 11 is 0. The Morgan fingerprint density at radius 1 is 1.43 bits per heavy atom. The van der Waals surface area contributed by atoms with Gasteiger partial charge in [0.1, 0.15) is 0 Å². The highest BCUT2D eigenvalue weighted by Gasteiger charge is 2.19. The minimum atomic E-state index is -0.483. The van der Waals surface area contributed by atoms with E-state index in [1.165, 1.54) is 4.57 Å². The van der Waals surface area contributed by atoms with Gasteiger partial charge in [-0.05, 0) is 19.8 Å². The zero-order chi connectivity index (χ0) is 15.6. The number of aliphatic hydroxyl groups excluding tert-OH is 1. The molecule has 0 saturated carbocycles. The van der Waals surface area contributed by atoms with Gasteiger partial charge in [0.05, 0.1) is 0 Å². The first-order valence-electron chi connectivity index (χ1n) is 7.07. The summed E-state index contributed by atoms with van der Waals surface area (Å²) in [6.07, 6.45) is 1.40. The minimum Gasteiger partial charge on any atom is -0.396 e. The van der Waals surface area contributed by atoms with Crippen LogP contribution >= 0.6 is 0 Å². The van der Waals surface area contributed by atoms with Crippen molar-refractivity contribution in [3.8, 4) is 0 Å². The van der Waals surface area contributed by atoms with Crippen molar-refractivity contribution >= 4 is 17.1 Å². The van der Waals surface area contributed by atoms with Crippen molar-refractivity contribution in [2.24, 2.45) is 7.05 Å². The molecule has 0 spiro atoms. The first-order valence-corrected chi connectivity index (χ1v) is 7.07. The highest BCUT2D eigenvalue weighted by molar-refractivity contribution is 5.74. The number of aryl methyl sites for hydroxylation is 1. The maximum atomic E-state index is 12.1. The van der Waals surface area contributed by atoms with Crippen molar-refractivity contribution in [2.75, 3.05) is 18.5 Å². The second kappa shape index (κ2) is 6.13. The Kier molecular flexibility index (Phi) is 4.46. The fourth-order valence-corrected chi connectivity index (χ4v) is 2.22. The van der Waals surface area contributed by atoms with Crippen LogP contribution in [0.15, 0.2) is 9.59 Å². The number of H-pyrrole nitrogens is 1. The van der Waals surface area contributed by atoms with Gasteiger partial charge in [-0.2, -0.15) is 4.98 Å². The Morgan fingerprint density at radius 3 is 2.76 bits per heavy atom. The smallest absolute Gasteiger partial charge is 0.329 e. The molecule has 0 saturated heterocycles. The Hall–Kier alpha value is -2.09. The minimum absolute atomic E-state index is 0.0604. The summed E-state index contributed by atoms with van der Waals surface area (Å²) in [5.41, 5.74) is -0.173. The van der Waals surface area contributed by atoms with Crippen LogP contribution in [0.1, 0.15) is 32.7 Å². The van der Waals surface area contributed by atoms with Crippen molar-refractivity contribution in [2.45, 2.75) is 32.7 Å². The SMILES string of the molecule is CC[C@@H](C)n1c(NCCCO)nc2c1c(=O)[nH]c(=O)n2C. The average molecular weight is 295 g/mol. The Labute approximate surface area is 121 Å². The zero-order valence-electron chi connectivity index (χ0n) is 12.5. The van der Waals surface area contributed by atoms with Crippen LogP contribution in [0.3, 0.4) is 0 Å². The quantitative estimate of drug-likeness (QED) is 0.660. The van der Waals surface area contributed by atoms with E-state index < -0.39 is 11.2 Å². The number of anilines is 1. The van der Waals surface area contributed by atoms with Crippen LogP contribution in [0.5, 0.6) is 0 Å². The van der Waals surface area contributed by atoms with Crippen molar-refractivity contribution in [1.29, 1.82) is 0 Å². The highest BCUT2D eigenvalue weighted by Crippen LogP contribution is 2.22. The molecule has 2 rings (SSSR count). The van der Waals surface area contributed by atoms with Crippen molar-refractivity contribution in [1.82, 2.24) is 19.1 Å². The lowest BCUT2D eigenvalue weighted by atomic mass is 10.2. The number of imidazole rings is 1. The van der Waals surface area contributed by atoms with Crippen molar-refractivity contribution in [3.63, 3.8) is 0 Å². The average Bonchev–Trinajstić information content (AvgIpc) is 2.84. The highest BCUT2D eigenvalue weighted by atomic mass is 16.3. The predicted octanol–water partition coefficient (Wildman–Crippen LogP) is 0.189. The molecule has 1 atom stereocenters. The fourth-order valence-electron chi connectivity index (χ4n) is 2.22. The number of nitrogens with one attached hydrogen (secondary N) is 2. The van der Waals surface area contributed by atoms with Crippen LogP contribution in [0.25, 0.3) is 11.2 Å². The molecule has 8 heteroatoms. The molecular weight excluding hydrogens is 274 g/mol. The third kappa shape index (κ3) is 2.71. The number of fused-ring (bicyclic) bond motifs is 1. The second-order valence-corrected chi connectivity index (χ2v) is 5.06. The molecule has 0 amide bonds. The molecule has 0 aliphatic heterocycles. The summed E-state index contributed by atoms with van der Waals surface area (Å²) in [6.45, 7) is 4.63. The molecule has 8 nitrogen and oxygen atoms in total. The maximum absolute atomic E-state index is 12.1. The summed E-state index contributed by atoms with van der Waals surface area (Å²) in [5.74, 6) is 0.541. The van der Waals surface area contributed by atoms with Gasteiger partial charge in [0, 0.05) is 26.2 Å². The van der Waals surface area contributed by atoms with Gasteiger partial charge in [-0.1, -0.05) is 6.92 Å². The topological polar surface area (TPSA) is 105 Å². The molecule has 0 fully saturated rings. The molecule has 0 unspecified atom stereocenters. The maximum Gasteiger partial charge on any atom is 0.329 e. The summed E-state index contributed by atoms with van der Waals surface area (Å²) in [7, 11) is 1.58. The van der Waals surface area contributed by atoms with Gasteiger partial charge in [0.2, 0.25) is 5.95 Å². The number of rotatable bonds is 6. The lowest BCUT2D eigenvalue weighted by Crippen LogP contribution is -2.29. The molecule has 0 aliphatic rings. The van der Waals surface area contributed by atoms with E-state index in [4.69, 9.17) is 5.11 Å². The monoisotopic (exact) mass is 295 g/mol. The van der Waals surface area contributed by atoms with Crippen LogP contribution in [0, 0.1) is 0 Å². The molecule has 2 aromatic heterocycles. The number of aromatic nitrogens is 4. The van der Waals surface area contributed by atoms with E-state index in [0.29, 0.717) is 30.1 Å². The largest absolute Gasteiger partial charge is 0.396 e. The van der Waals surface area contributed by atoms with Gasteiger partial charge in [0.25, 0.3) is 5.56 Å². The van der Waals surface area contributed by atoms with E-state index >= 15 is 0 Å². The van der Waals surface area contributed by atoms with Gasteiger partial charge in [0.15, 0.2) is 11.2 Å². The summed E-state index contributed by atoms with van der Waals surface area (Å²) in [6, 6.07) is 0.0604. The van der Waals surface area contributed by atoms with Gasteiger partial charge in [-0.25, -0.2) is 4.79 Å². The van der Waals surface area contributed by atoms with Gasteiger partial charge in [-0.3, -0.25) is 14.3 Å². The number of aliphatic hydroxyl groups is 1. The third-order valence-electron chi connectivity index (χ3n) is 3.60. The van der Waals surface area contributed by atoms with Gasteiger partial charge < -0.3 is 15.0 Å². The molecule has 2 aromatic rings. The van der Waals surface area contributed by atoms with E-state index in [1.54, 1.807) is 7.05 Å². The second-order valence-electron chi connectivity index (χ2n) is 5.06. The predicted molar refractivity (Wildman–Crippen MR) is 80.8 cm³/mol. The van der Waals surface area contributed by atoms with E-state index in [0.717, 1.165) is 6.42 Å². The normalized spacial score (nSPS) is 12.8. The van der Waals surface area contributed by atoms with E-state index in [2.05, 4.69) is 15.3 Å². The molecule has 0 aromatic carbocycles. The molecular formula is C13H21N5O3. The molecule has 0 aliphatic carbocycles. The van der Waals surface area contributed by atoms with Crippen molar-refractivity contribution < 1.29 is 5.11 Å². The molecule has 116 valence electrons. The van der Waals surface area contributed by atoms with Crippen molar-refractivity contribution in [3.05, 3.63) is 20.8 Å². The molecule has 0 radical (unpaired) electrons. The third-order valence-corrected chi connectivity index (χ3v) is 3.60. The Morgan fingerprint density at radius 2 is 2.14 bits per heavy atom. The number of hydrogen-bond acceptors (Lipinski definition) is 5. The standard InChI is InChI=1S/C13H21N5O3/c1-4-8(2)18-9-10(15-12(18)14-6-5-7-19)17(3)13(21)16-11(9)20/h8,19H,4-7H2,1-3H3,(H,14,15)(H,16,20,21)/t8-/m1/s1. The number of hydrogen-bond donors (Lipinski definition) is 3. The lowest BCUT2D eigenvalue weighted by Gasteiger charge is -2.15. The summed E-state index contributed by atoms with van der Waals surface area (Å²) in [5, 5.41) is 12.0. The van der Waals surface area contributed by atoms with Crippen LogP contribution < -0.4 is 16.6 Å².